The maximum Gasteiger partial charge on any atom is 0.407 e. The van der Waals surface area contributed by atoms with Gasteiger partial charge in [-0.15, -0.1) is 13.2 Å². The van der Waals surface area contributed by atoms with Crippen molar-refractivity contribution in [3.8, 4) is 0 Å². The number of benzene rings is 1. The SMILES string of the molecule is C=CC.C=CC.CC(C)(C)OC(=O)NC1CCN(CC(=O)NCC(Cc2cccnc2)c2ccccc2)CC1. The van der Waals surface area contributed by atoms with Crippen LogP contribution < -0.4 is 10.6 Å². The molecule has 214 valence electrons. The van der Waals surface area contributed by atoms with Gasteiger partial charge < -0.3 is 15.4 Å². The van der Waals surface area contributed by atoms with Crippen molar-refractivity contribution in [1.82, 2.24) is 20.5 Å². The van der Waals surface area contributed by atoms with Gasteiger partial charge in [0.1, 0.15) is 5.60 Å². The Labute approximate surface area is 235 Å². The van der Waals surface area contributed by atoms with Crippen molar-refractivity contribution in [3.63, 3.8) is 0 Å². The van der Waals surface area contributed by atoms with E-state index in [2.05, 4.69) is 51.9 Å². The Morgan fingerprint density at radius 1 is 1.08 bits per heavy atom. The normalized spacial score (nSPS) is 14.3. The number of ether oxygens (including phenoxy) is 1. The Balaban J connectivity index is 0.00000116. The highest BCUT2D eigenvalue weighted by molar-refractivity contribution is 5.78. The van der Waals surface area contributed by atoms with Crippen LogP contribution in [0.5, 0.6) is 0 Å². The molecule has 2 amide bonds. The van der Waals surface area contributed by atoms with Gasteiger partial charge in [0.15, 0.2) is 0 Å². The summed E-state index contributed by atoms with van der Waals surface area (Å²) in [5, 5.41) is 6.06. The summed E-state index contributed by atoms with van der Waals surface area (Å²) in [6.07, 6.45) is 9.21. The zero-order chi connectivity index (χ0) is 29.1. The molecule has 0 spiro atoms. The first-order valence-electron chi connectivity index (χ1n) is 13.7. The molecule has 1 atom stereocenters. The molecular weight excluding hydrogens is 488 g/mol. The number of pyridine rings is 1. The van der Waals surface area contributed by atoms with Crippen LogP contribution in [0.4, 0.5) is 4.79 Å². The number of nitrogens with zero attached hydrogens (tertiary/aromatic N) is 2. The average molecular weight is 537 g/mol. The first kappa shape index (κ1) is 33.6. The second-order valence-electron chi connectivity index (χ2n) is 10.5. The lowest BCUT2D eigenvalue weighted by molar-refractivity contribution is -0.122. The van der Waals surface area contributed by atoms with E-state index in [-0.39, 0.29) is 24.0 Å². The second kappa shape index (κ2) is 18.7. The van der Waals surface area contributed by atoms with Crippen LogP contribution in [0.15, 0.2) is 80.2 Å². The zero-order valence-corrected chi connectivity index (χ0v) is 24.5. The third-order valence-electron chi connectivity index (χ3n) is 5.70. The van der Waals surface area contributed by atoms with Crippen molar-refractivity contribution in [1.29, 1.82) is 0 Å². The highest BCUT2D eigenvalue weighted by Gasteiger charge is 2.24. The molecular formula is C32H48N4O3. The second-order valence-corrected chi connectivity index (χ2v) is 10.5. The van der Waals surface area contributed by atoms with E-state index in [1.807, 2.05) is 65.1 Å². The molecule has 1 saturated heterocycles. The molecule has 2 heterocycles. The predicted octanol–water partition coefficient (Wildman–Crippen LogP) is 5.90. The average Bonchev–Trinajstić information content (AvgIpc) is 2.89. The van der Waals surface area contributed by atoms with Gasteiger partial charge in [0, 0.05) is 44.0 Å². The standard InChI is InChI=1S/C26H36N4O3.2C3H6/c1-26(2,3)33-25(32)29-23-11-14-30(15-12-23)19-24(31)28-18-22(21-9-5-4-6-10-21)16-20-8-7-13-27-17-20;2*1-3-2/h4-10,13,17,22-23H,11-12,14-16,18-19H2,1-3H3,(H,28,31)(H,29,32);2*3H,1H2,2H3. The minimum Gasteiger partial charge on any atom is -0.444 e. The Kier molecular flexibility index (Phi) is 16.1. The number of carbonyl (C=O) groups excluding carboxylic acids is 2. The maximum atomic E-state index is 12.7. The van der Waals surface area contributed by atoms with Gasteiger partial charge in [-0.25, -0.2) is 4.79 Å². The van der Waals surface area contributed by atoms with E-state index in [1.54, 1.807) is 18.3 Å². The topological polar surface area (TPSA) is 83.6 Å². The van der Waals surface area contributed by atoms with Gasteiger partial charge in [-0.05, 0) is 71.1 Å². The lowest BCUT2D eigenvalue weighted by Crippen LogP contribution is -2.48. The summed E-state index contributed by atoms with van der Waals surface area (Å²) >= 11 is 0. The van der Waals surface area contributed by atoms with Crippen molar-refractivity contribution >= 4 is 12.0 Å². The van der Waals surface area contributed by atoms with Crippen LogP contribution in [0, 0.1) is 0 Å². The number of nitrogens with one attached hydrogen (secondary N) is 2. The molecule has 1 aliphatic heterocycles. The van der Waals surface area contributed by atoms with Crippen LogP contribution in [0.2, 0.25) is 0 Å². The summed E-state index contributed by atoms with van der Waals surface area (Å²) in [6.45, 7) is 18.5. The third kappa shape index (κ3) is 15.5. The van der Waals surface area contributed by atoms with Crippen LogP contribution >= 0.6 is 0 Å². The fourth-order valence-corrected chi connectivity index (χ4v) is 4.04. The quantitative estimate of drug-likeness (QED) is 0.411. The minimum absolute atomic E-state index is 0.0284. The van der Waals surface area contributed by atoms with Gasteiger partial charge in [-0.1, -0.05) is 48.6 Å². The number of likely N-dealkylation sites (tertiary alicyclic amines) is 1. The molecule has 39 heavy (non-hydrogen) atoms. The largest absolute Gasteiger partial charge is 0.444 e. The number of rotatable bonds is 8. The number of carbonyl (C=O) groups is 2. The lowest BCUT2D eigenvalue weighted by Gasteiger charge is -2.32. The molecule has 3 rings (SSSR count). The first-order valence-corrected chi connectivity index (χ1v) is 13.7. The van der Waals surface area contributed by atoms with Crippen LogP contribution in [0.25, 0.3) is 0 Å². The summed E-state index contributed by atoms with van der Waals surface area (Å²) in [4.78, 5) is 31.0. The van der Waals surface area contributed by atoms with E-state index in [9.17, 15) is 9.59 Å². The van der Waals surface area contributed by atoms with Gasteiger partial charge in [0.2, 0.25) is 5.91 Å². The molecule has 1 fully saturated rings. The number of piperidine rings is 1. The van der Waals surface area contributed by atoms with Crippen molar-refractivity contribution in [2.24, 2.45) is 0 Å². The van der Waals surface area contributed by atoms with Crippen LogP contribution in [-0.2, 0) is 16.0 Å². The number of hydrogen-bond donors (Lipinski definition) is 2. The molecule has 1 aliphatic rings. The van der Waals surface area contributed by atoms with Crippen LogP contribution in [0.3, 0.4) is 0 Å². The monoisotopic (exact) mass is 536 g/mol. The van der Waals surface area contributed by atoms with E-state index in [4.69, 9.17) is 4.74 Å². The van der Waals surface area contributed by atoms with Gasteiger partial charge in [0.05, 0.1) is 6.54 Å². The van der Waals surface area contributed by atoms with Crippen molar-refractivity contribution in [3.05, 3.63) is 91.3 Å². The Morgan fingerprint density at radius 2 is 1.69 bits per heavy atom. The Morgan fingerprint density at radius 3 is 2.23 bits per heavy atom. The van der Waals surface area contributed by atoms with Crippen LogP contribution in [0.1, 0.15) is 64.5 Å². The lowest BCUT2D eigenvalue weighted by atomic mass is 9.92. The van der Waals surface area contributed by atoms with Gasteiger partial charge in [0.25, 0.3) is 0 Å². The number of alkyl carbamates (subject to hydrolysis) is 1. The van der Waals surface area contributed by atoms with E-state index in [0.717, 1.165) is 37.9 Å². The van der Waals surface area contributed by atoms with E-state index in [0.29, 0.717) is 13.1 Å². The van der Waals surface area contributed by atoms with Gasteiger partial charge in [-0.3, -0.25) is 14.7 Å². The van der Waals surface area contributed by atoms with E-state index in [1.165, 1.54) is 5.56 Å². The zero-order valence-electron chi connectivity index (χ0n) is 24.5. The van der Waals surface area contributed by atoms with Crippen molar-refractivity contribution in [2.75, 3.05) is 26.2 Å². The predicted molar refractivity (Wildman–Crippen MR) is 161 cm³/mol. The highest BCUT2D eigenvalue weighted by atomic mass is 16.6. The summed E-state index contributed by atoms with van der Waals surface area (Å²) in [5.74, 6) is 0.212. The number of hydrogen-bond acceptors (Lipinski definition) is 5. The number of amides is 2. The maximum absolute atomic E-state index is 12.7. The van der Waals surface area contributed by atoms with Gasteiger partial charge in [-0.2, -0.15) is 0 Å². The molecule has 1 aromatic carbocycles. The molecule has 1 unspecified atom stereocenters. The minimum atomic E-state index is -0.502. The molecule has 0 saturated carbocycles. The first-order chi connectivity index (χ1) is 18.6. The molecule has 0 aliphatic carbocycles. The molecule has 2 N–H and O–H groups in total. The highest BCUT2D eigenvalue weighted by Crippen LogP contribution is 2.20. The number of allylic oxidation sites excluding steroid dienone is 2. The fourth-order valence-electron chi connectivity index (χ4n) is 4.04. The third-order valence-corrected chi connectivity index (χ3v) is 5.70. The summed E-state index contributed by atoms with van der Waals surface area (Å²) in [6, 6.07) is 14.4. The molecule has 1 aromatic heterocycles. The number of aromatic nitrogens is 1. The molecule has 0 bridgehead atoms. The fraction of sp³-hybridized carbons (Fsp3) is 0.469. The summed E-state index contributed by atoms with van der Waals surface area (Å²) in [7, 11) is 0. The summed E-state index contributed by atoms with van der Waals surface area (Å²) < 4.78 is 5.33. The van der Waals surface area contributed by atoms with Crippen LogP contribution in [-0.4, -0.2) is 59.7 Å². The molecule has 2 aromatic rings. The Bertz CT molecular complexity index is 960. The van der Waals surface area contributed by atoms with Crippen molar-refractivity contribution < 1.29 is 14.3 Å². The smallest absolute Gasteiger partial charge is 0.407 e. The molecule has 0 radical (unpaired) electrons. The van der Waals surface area contributed by atoms with E-state index >= 15 is 0 Å². The Hall–Kier alpha value is -3.45. The molecule has 7 heteroatoms. The van der Waals surface area contributed by atoms with Gasteiger partial charge >= 0.3 is 6.09 Å². The summed E-state index contributed by atoms with van der Waals surface area (Å²) in [5.41, 5.74) is 1.85. The molecule has 7 nitrogen and oxygen atoms in total. The van der Waals surface area contributed by atoms with E-state index < -0.39 is 5.60 Å². The van der Waals surface area contributed by atoms with Crippen molar-refractivity contribution in [2.45, 2.75) is 71.4 Å².